The third-order valence-corrected chi connectivity index (χ3v) is 5.87. The summed E-state index contributed by atoms with van der Waals surface area (Å²) in [5.74, 6) is -0.429. The number of nitrogens with one attached hydrogen (secondary N) is 2. The van der Waals surface area contributed by atoms with Crippen molar-refractivity contribution in [1.29, 1.82) is 0 Å². The highest BCUT2D eigenvalue weighted by molar-refractivity contribution is 7.92. The van der Waals surface area contributed by atoms with E-state index in [1.807, 2.05) is 18.2 Å². The number of carbonyl (C=O) groups excluding carboxylic acids is 2. The minimum atomic E-state index is -3.72. The summed E-state index contributed by atoms with van der Waals surface area (Å²) in [6.45, 7) is -0.615. The summed E-state index contributed by atoms with van der Waals surface area (Å²) < 4.78 is 30.6. The lowest BCUT2D eigenvalue weighted by Crippen LogP contribution is -2.39. The summed E-state index contributed by atoms with van der Waals surface area (Å²) >= 11 is 5.93. The van der Waals surface area contributed by atoms with Crippen LogP contribution in [0, 0.1) is 0 Å². The average molecular weight is 515 g/mol. The standard InChI is InChI=1S/C24H23ClN4O5S/c1-35(32,33)29(21-9-5-6-19(25)14-21)16-23(30)28-26-15-18-10-12-22(13-11-18)34-17-24(31)27-20-7-3-2-4-8-20/h2-15H,16-17H2,1H3,(H,27,31)(H,28,30)/b26-15-. The topological polar surface area (TPSA) is 117 Å². The van der Waals surface area contributed by atoms with E-state index >= 15 is 0 Å². The van der Waals surface area contributed by atoms with Gasteiger partial charge in [0, 0.05) is 10.7 Å². The Kier molecular flexibility index (Phi) is 8.82. The smallest absolute Gasteiger partial charge is 0.262 e. The first-order valence-corrected chi connectivity index (χ1v) is 12.6. The highest BCUT2D eigenvalue weighted by Crippen LogP contribution is 2.21. The molecule has 0 saturated carbocycles. The summed E-state index contributed by atoms with van der Waals surface area (Å²) in [7, 11) is -3.72. The lowest BCUT2D eigenvalue weighted by Gasteiger charge is -2.21. The summed E-state index contributed by atoms with van der Waals surface area (Å²) in [4.78, 5) is 24.2. The molecule has 3 aromatic carbocycles. The number of benzene rings is 3. The van der Waals surface area contributed by atoms with Crippen LogP contribution in [0.2, 0.25) is 5.02 Å². The predicted molar refractivity (Wildman–Crippen MR) is 136 cm³/mol. The van der Waals surface area contributed by atoms with E-state index in [9.17, 15) is 18.0 Å². The number of sulfonamides is 1. The number of hydrazone groups is 1. The molecule has 0 aliphatic rings. The van der Waals surface area contributed by atoms with Gasteiger partial charge in [0.05, 0.1) is 18.2 Å². The van der Waals surface area contributed by atoms with Crippen LogP contribution >= 0.6 is 11.6 Å². The maximum Gasteiger partial charge on any atom is 0.262 e. The minimum absolute atomic E-state index is 0.151. The Bertz CT molecular complexity index is 1300. The summed E-state index contributed by atoms with van der Waals surface area (Å²) in [5.41, 5.74) is 3.91. The fraction of sp³-hybridized carbons (Fsp3) is 0.125. The van der Waals surface area contributed by atoms with Crippen molar-refractivity contribution in [3.63, 3.8) is 0 Å². The molecule has 0 saturated heterocycles. The van der Waals surface area contributed by atoms with Gasteiger partial charge in [0.25, 0.3) is 11.8 Å². The molecule has 2 amide bonds. The molecule has 0 aromatic heterocycles. The molecular weight excluding hydrogens is 492 g/mol. The molecule has 0 bridgehead atoms. The Balaban J connectivity index is 1.49. The Hall–Kier alpha value is -3.89. The van der Waals surface area contributed by atoms with Gasteiger partial charge < -0.3 is 10.1 Å². The van der Waals surface area contributed by atoms with Crippen LogP contribution < -0.4 is 19.8 Å². The Morgan fingerprint density at radius 1 is 1.00 bits per heavy atom. The zero-order valence-electron chi connectivity index (χ0n) is 18.7. The van der Waals surface area contributed by atoms with Crippen LogP contribution in [0.15, 0.2) is 84.0 Å². The molecule has 3 aromatic rings. The van der Waals surface area contributed by atoms with E-state index in [-0.39, 0.29) is 18.2 Å². The van der Waals surface area contributed by atoms with E-state index in [1.54, 1.807) is 54.6 Å². The number of para-hydroxylation sites is 1. The van der Waals surface area contributed by atoms with Crippen LogP contribution in [0.3, 0.4) is 0 Å². The van der Waals surface area contributed by atoms with Gasteiger partial charge in [-0.05, 0) is 60.2 Å². The minimum Gasteiger partial charge on any atom is -0.484 e. The second-order valence-electron chi connectivity index (χ2n) is 7.31. The normalized spacial score (nSPS) is 11.1. The molecule has 3 rings (SSSR count). The van der Waals surface area contributed by atoms with Crippen molar-refractivity contribution in [3.05, 3.63) is 89.4 Å². The van der Waals surface area contributed by atoms with Crippen molar-refractivity contribution >= 4 is 51.0 Å². The van der Waals surface area contributed by atoms with Crippen LogP contribution in [0.25, 0.3) is 0 Å². The molecule has 11 heteroatoms. The molecular formula is C24H23ClN4O5S. The largest absolute Gasteiger partial charge is 0.484 e. The average Bonchev–Trinajstić information content (AvgIpc) is 2.82. The van der Waals surface area contributed by atoms with Crippen LogP contribution in [0.5, 0.6) is 5.75 Å². The molecule has 0 fully saturated rings. The number of hydrogen-bond acceptors (Lipinski definition) is 6. The van der Waals surface area contributed by atoms with Gasteiger partial charge in [-0.3, -0.25) is 13.9 Å². The van der Waals surface area contributed by atoms with Gasteiger partial charge in [0.15, 0.2) is 6.61 Å². The van der Waals surface area contributed by atoms with Crippen molar-refractivity contribution in [2.75, 3.05) is 29.0 Å². The highest BCUT2D eigenvalue weighted by atomic mass is 35.5. The van der Waals surface area contributed by atoms with Crippen LogP contribution in [0.4, 0.5) is 11.4 Å². The van der Waals surface area contributed by atoms with Gasteiger partial charge in [-0.25, -0.2) is 13.8 Å². The van der Waals surface area contributed by atoms with Crippen molar-refractivity contribution in [3.8, 4) is 5.75 Å². The zero-order chi connectivity index (χ0) is 25.3. The number of rotatable bonds is 10. The van der Waals surface area contributed by atoms with Gasteiger partial charge in [0.2, 0.25) is 10.0 Å². The van der Waals surface area contributed by atoms with E-state index in [0.29, 0.717) is 22.0 Å². The molecule has 0 aliphatic heterocycles. The first-order valence-electron chi connectivity index (χ1n) is 10.3. The monoisotopic (exact) mass is 514 g/mol. The quantitative estimate of drug-likeness (QED) is 0.318. The third-order valence-electron chi connectivity index (χ3n) is 4.49. The van der Waals surface area contributed by atoms with Gasteiger partial charge in [-0.2, -0.15) is 5.10 Å². The van der Waals surface area contributed by atoms with Gasteiger partial charge in [-0.1, -0.05) is 35.9 Å². The highest BCUT2D eigenvalue weighted by Gasteiger charge is 2.20. The zero-order valence-corrected chi connectivity index (χ0v) is 20.3. The Morgan fingerprint density at radius 3 is 2.37 bits per heavy atom. The lowest BCUT2D eigenvalue weighted by atomic mass is 10.2. The summed E-state index contributed by atoms with van der Waals surface area (Å²) in [6, 6.07) is 21.9. The first-order chi connectivity index (χ1) is 16.7. The number of anilines is 2. The lowest BCUT2D eigenvalue weighted by molar-refractivity contribution is -0.119. The van der Waals surface area contributed by atoms with E-state index in [2.05, 4.69) is 15.8 Å². The van der Waals surface area contributed by atoms with Gasteiger partial charge in [0.1, 0.15) is 12.3 Å². The number of nitrogens with zero attached hydrogens (tertiary/aromatic N) is 2. The van der Waals surface area contributed by atoms with Crippen molar-refractivity contribution in [2.24, 2.45) is 5.10 Å². The number of amides is 2. The van der Waals surface area contributed by atoms with Crippen LogP contribution in [-0.4, -0.2) is 45.9 Å². The maximum atomic E-state index is 12.3. The van der Waals surface area contributed by atoms with E-state index < -0.39 is 22.5 Å². The van der Waals surface area contributed by atoms with E-state index in [1.165, 1.54) is 12.3 Å². The molecule has 0 unspecified atom stereocenters. The molecule has 0 atom stereocenters. The molecule has 2 N–H and O–H groups in total. The van der Waals surface area contributed by atoms with Crippen LogP contribution in [0.1, 0.15) is 5.56 Å². The number of carbonyl (C=O) groups is 2. The summed E-state index contributed by atoms with van der Waals surface area (Å²) in [5, 5.41) is 6.93. The fourth-order valence-electron chi connectivity index (χ4n) is 2.89. The first kappa shape index (κ1) is 25.7. The third kappa shape index (κ3) is 8.43. The second-order valence-corrected chi connectivity index (χ2v) is 9.66. The van der Waals surface area contributed by atoms with Crippen molar-refractivity contribution in [2.45, 2.75) is 0 Å². The second kappa shape index (κ2) is 12.0. The van der Waals surface area contributed by atoms with Gasteiger partial charge in [-0.15, -0.1) is 0 Å². The Morgan fingerprint density at radius 2 is 1.71 bits per heavy atom. The van der Waals surface area contributed by atoms with Gasteiger partial charge >= 0.3 is 0 Å². The van der Waals surface area contributed by atoms with E-state index in [0.717, 1.165) is 10.6 Å². The SMILES string of the molecule is CS(=O)(=O)N(CC(=O)N/N=C\c1ccc(OCC(=O)Nc2ccccc2)cc1)c1cccc(Cl)c1. The van der Waals surface area contributed by atoms with Crippen molar-refractivity contribution in [1.82, 2.24) is 5.43 Å². The summed E-state index contributed by atoms with van der Waals surface area (Å²) in [6.07, 6.45) is 2.40. The molecule has 0 radical (unpaired) electrons. The molecule has 35 heavy (non-hydrogen) atoms. The molecule has 0 aliphatic carbocycles. The molecule has 0 spiro atoms. The Labute approximate surface area is 208 Å². The molecule has 9 nitrogen and oxygen atoms in total. The number of ether oxygens (including phenoxy) is 1. The van der Waals surface area contributed by atoms with Crippen molar-refractivity contribution < 1.29 is 22.7 Å². The van der Waals surface area contributed by atoms with E-state index in [4.69, 9.17) is 16.3 Å². The number of hydrogen-bond donors (Lipinski definition) is 2. The van der Waals surface area contributed by atoms with Crippen LogP contribution in [-0.2, 0) is 19.6 Å². The number of halogens is 1. The predicted octanol–water partition coefficient (Wildman–Crippen LogP) is 3.27. The molecule has 182 valence electrons. The fourth-order valence-corrected chi connectivity index (χ4v) is 3.93. The maximum absolute atomic E-state index is 12.3. The molecule has 0 heterocycles.